The summed E-state index contributed by atoms with van der Waals surface area (Å²) < 4.78 is 1.99. The molecule has 0 saturated heterocycles. The van der Waals surface area contributed by atoms with Crippen molar-refractivity contribution in [2.45, 2.75) is 38.1 Å². The van der Waals surface area contributed by atoms with E-state index in [9.17, 15) is 0 Å². The molecule has 0 bridgehead atoms. The topological polar surface area (TPSA) is 42.7 Å². The van der Waals surface area contributed by atoms with Crippen LogP contribution in [0.15, 0.2) is 36.5 Å². The highest BCUT2D eigenvalue weighted by molar-refractivity contribution is 5.32. The molecule has 4 heteroatoms. The summed E-state index contributed by atoms with van der Waals surface area (Å²) in [6.45, 7) is 3.22. The number of para-hydroxylation sites is 1. The van der Waals surface area contributed by atoms with Gasteiger partial charge in [-0.15, -0.1) is 5.10 Å². The van der Waals surface area contributed by atoms with Gasteiger partial charge in [0.05, 0.1) is 17.6 Å². The van der Waals surface area contributed by atoms with Crippen LogP contribution in [-0.4, -0.2) is 27.6 Å². The molecule has 4 nitrogen and oxygen atoms in total. The second kappa shape index (κ2) is 5.53. The standard InChI is InChI=1S/C15H20N4/c1-2-16-13-9-8-12(10-13)15-11-17-18-19(15)14-6-4-3-5-7-14/h3-7,11-13,16H,2,8-10H2,1H3. The summed E-state index contributed by atoms with van der Waals surface area (Å²) in [6.07, 6.45) is 5.58. The molecular formula is C15H20N4. The molecule has 1 fully saturated rings. The summed E-state index contributed by atoms with van der Waals surface area (Å²) in [5.74, 6) is 0.569. The number of aromatic nitrogens is 3. The predicted octanol–water partition coefficient (Wildman–Crippen LogP) is 2.51. The lowest BCUT2D eigenvalue weighted by molar-refractivity contribution is 0.530. The Balaban J connectivity index is 1.82. The Morgan fingerprint density at radius 3 is 2.89 bits per heavy atom. The Morgan fingerprint density at radius 2 is 2.11 bits per heavy atom. The third-order valence-corrected chi connectivity index (χ3v) is 3.92. The minimum Gasteiger partial charge on any atom is -0.314 e. The molecule has 1 aliphatic carbocycles. The van der Waals surface area contributed by atoms with Crippen molar-refractivity contribution in [1.82, 2.24) is 20.3 Å². The van der Waals surface area contributed by atoms with Crippen LogP contribution < -0.4 is 5.32 Å². The highest BCUT2D eigenvalue weighted by Gasteiger charge is 2.28. The summed E-state index contributed by atoms with van der Waals surface area (Å²) in [5, 5.41) is 11.9. The van der Waals surface area contributed by atoms with E-state index in [0.29, 0.717) is 12.0 Å². The van der Waals surface area contributed by atoms with Gasteiger partial charge in [0, 0.05) is 12.0 Å². The molecule has 3 rings (SSSR count). The second-order valence-electron chi connectivity index (χ2n) is 5.17. The Hall–Kier alpha value is -1.68. The predicted molar refractivity (Wildman–Crippen MR) is 75.4 cm³/mol. The average molecular weight is 256 g/mol. The SMILES string of the molecule is CCNC1CCC(c2cnnn2-c2ccccc2)C1. The van der Waals surface area contributed by atoms with E-state index in [2.05, 4.69) is 34.7 Å². The van der Waals surface area contributed by atoms with E-state index in [1.807, 2.05) is 29.1 Å². The van der Waals surface area contributed by atoms with Gasteiger partial charge in [-0.1, -0.05) is 30.3 Å². The number of nitrogens with one attached hydrogen (secondary N) is 1. The normalized spacial score (nSPS) is 22.8. The van der Waals surface area contributed by atoms with Crippen molar-refractivity contribution >= 4 is 0 Å². The molecule has 0 amide bonds. The van der Waals surface area contributed by atoms with Gasteiger partial charge in [0.1, 0.15) is 0 Å². The Labute approximate surface area is 113 Å². The minimum atomic E-state index is 0.569. The fourth-order valence-corrected chi connectivity index (χ4v) is 3.02. The Bertz CT molecular complexity index is 520. The zero-order chi connectivity index (χ0) is 13.1. The first-order valence-corrected chi connectivity index (χ1v) is 7.08. The van der Waals surface area contributed by atoms with Gasteiger partial charge in [0.2, 0.25) is 0 Å². The first-order chi connectivity index (χ1) is 9.38. The molecule has 1 N–H and O–H groups in total. The Kier molecular flexibility index (Phi) is 3.60. The van der Waals surface area contributed by atoms with Crippen molar-refractivity contribution in [1.29, 1.82) is 0 Å². The van der Waals surface area contributed by atoms with Crippen molar-refractivity contribution in [3.05, 3.63) is 42.2 Å². The lowest BCUT2D eigenvalue weighted by Crippen LogP contribution is -2.25. The van der Waals surface area contributed by atoms with Crippen molar-refractivity contribution in [3.8, 4) is 5.69 Å². The molecule has 2 aromatic rings. The number of hydrogen-bond donors (Lipinski definition) is 1. The van der Waals surface area contributed by atoms with Crippen LogP contribution in [0.25, 0.3) is 5.69 Å². The van der Waals surface area contributed by atoms with E-state index in [-0.39, 0.29) is 0 Å². The van der Waals surface area contributed by atoms with Crippen molar-refractivity contribution < 1.29 is 0 Å². The van der Waals surface area contributed by atoms with E-state index < -0.39 is 0 Å². The quantitative estimate of drug-likeness (QED) is 0.914. The zero-order valence-electron chi connectivity index (χ0n) is 11.3. The number of benzene rings is 1. The van der Waals surface area contributed by atoms with Crippen LogP contribution in [0.2, 0.25) is 0 Å². The van der Waals surface area contributed by atoms with Gasteiger partial charge in [0.15, 0.2) is 0 Å². The molecular weight excluding hydrogens is 236 g/mol. The lowest BCUT2D eigenvalue weighted by Gasteiger charge is -2.13. The average Bonchev–Trinajstić information content (AvgIpc) is 3.08. The van der Waals surface area contributed by atoms with Gasteiger partial charge in [-0.25, -0.2) is 4.68 Å². The molecule has 100 valence electrons. The van der Waals surface area contributed by atoms with Crippen LogP contribution in [0.4, 0.5) is 0 Å². The van der Waals surface area contributed by atoms with Gasteiger partial charge in [-0.2, -0.15) is 0 Å². The van der Waals surface area contributed by atoms with Gasteiger partial charge >= 0.3 is 0 Å². The smallest absolute Gasteiger partial charge is 0.0732 e. The summed E-state index contributed by atoms with van der Waals surface area (Å²) >= 11 is 0. The van der Waals surface area contributed by atoms with Crippen LogP contribution in [0.1, 0.15) is 37.8 Å². The first-order valence-electron chi connectivity index (χ1n) is 7.08. The number of hydrogen-bond acceptors (Lipinski definition) is 3. The highest BCUT2D eigenvalue weighted by atomic mass is 15.4. The summed E-state index contributed by atoms with van der Waals surface area (Å²) in [4.78, 5) is 0. The molecule has 0 aliphatic heterocycles. The van der Waals surface area contributed by atoms with Crippen molar-refractivity contribution in [2.75, 3.05) is 6.54 Å². The van der Waals surface area contributed by atoms with Crippen LogP contribution in [0.3, 0.4) is 0 Å². The third-order valence-electron chi connectivity index (χ3n) is 3.92. The van der Waals surface area contributed by atoms with Crippen LogP contribution in [-0.2, 0) is 0 Å². The van der Waals surface area contributed by atoms with Gasteiger partial charge in [0.25, 0.3) is 0 Å². The summed E-state index contributed by atoms with van der Waals surface area (Å²) in [7, 11) is 0. The molecule has 1 aliphatic rings. The van der Waals surface area contributed by atoms with Gasteiger partial charge in [-0.3, -0.25) is 0 Å². The van der Waals surface area contributed by atoms with Crippen molar-refractivity contribution in [2.24, 2.45) is 0 Å². The maximum absolute atomic E-state index is 4.25. The Morgan fingerprint density at radius 1 is 1.26 bits per heavy atom. The molecule has 1 saturated carbocycles. The van der Waals surface area contributed by atoms with E-state index >= 15 is 0 Å². The number of rotatable bonds is 4. The zero-order valence-corrected chi connectivity index (χ0v) is 11.3. The van der Waals surface area contributed by atoms with E-state index in [1.54, 1.807) is 0 Å². The fourth-order valence-electron chi connectivity index (χ4n) is 3.02. The van der Waals surface area contributed by atoms with Crippen LogP contribution in [0, 0.1) is 0 Å². The summed E-state index contributed by atoms with van der Waals surface area (Å²) in [6, 6.07) is 10.9. The monoisotopic (exact) mass is 256 g/mol. The lowest BCUT2D eigenvalue weighted by atomic mass is 10.0. The molecule has 0 radical (unpaired) electrons. The highest BCUT2D eigenvalue weighted by Crippen LogP contribution is 2.34. The maximum Gasteiger partial charge on any atom is 0.0732 e. The third kappa shape index (κ3) is 2.54. The first kappa shape index (κ1) is 12.4. The minimum absolute atomic E-state index is 0.569. The van der Waals surface area contributed by atoms with Gasteiger partial charge < -0.3 is 5.32 Å². The number of nitrogens with zero attached hydrogens (tertiary/aromatic N) is 3. The van der Waals surface area contributed by atoms with E-state index in [0.717, 1.165) is 12.2 Å². The summed E-state index contributed by atoms with van der Waals surface area (Å²) in [5.41, 5.74) is 2.34. The maximum atomic E-state index is 4.25. The molecule has 0 spiro atoms. The second-order valence-corrected chi connectivity index (χ2v) is 5.17. The van der Waals surface area contributed by atoms with E-state index in [4.69, 9.17) is 0 Å². The molecule has 2 unspecified atom stereocenters. The van der Waals surface area contributed by atoms with Crippen molar-refractivity contribution in [3.63, 3.8) is 0 Å². The molecule has 1 aromatic heterocycles. The largest absolute Gasteiger partial charge is 0.314 e. The molecule has 1 heterocycles. The van der Waals surface area contributed by atoms with Gasteiger partial charge in [-0.05, 0) is 37.9 Å². The van der Waals surface area contributed by atoms with E-state index in [1.165, 1.54) is 25.0 Å². The van der Waals surface area contributed by atoms with Crippen LogP contribution >= 0.6 is 0 Å². The fraction of sp³-hybridized carbons (Fsp3) is 0.467. The van der Waals surface area contributed by atoms with Crippen LogP contribution in [0.5, 0.6) is 0 Å². The molecule has 1 aromatic carbocycles. The molecule has 2 atom stereocenters. The molecule has 19 heavy (non-hydrogen) atoms.